The summed E-state index contributed by atoms with van der Waals surface area (Å²) >= 11 is 0. The summed E-state index contributed by atoms with van der Waals surface area (Å²) in [6.07, 6.45) is 6.00. The van der Waals surface area contributed by atoms with Gasteiger partial charge in [0.05, 0.1) is 18.4 Å². The van der Waals surface area contributed by atoms with Crippen LogP contribution in [0.2, 0.25) is 0 Å². The Bertz CT molecular complexity index is 979. The molecule has 0 heterocycles. The normalized spacial score (nSPS) is 16.8. The number of ether oxygens (including phenoxy) is 1. The Morgan fingerprint density at radius 1 is 1.36 bits per heavy atom. The van der Waals surface area contributed by atoms with E-state index < -0.39 is 17.3 Å². The quantitative estimate of drug-likeness (QED) is 0.274. The van der Waals surface area contributed by atoms with E-state index in [0.717, 1.165) is 37.8 Å². The number of halogens is 1. The molecule has 0 aliphatic heterocycles. The number of carboxylic acids is 1. The van der Waals surface area contributed by atoms with Gasteiger partial charge in [-0.3, -0.25) is 10.6 Å². The lowest BCUT2D eigenvalue weighted by molar-refractivity contribution is -0.0307. The molecule has 1 fully saturated rings. The topological polar surface area (TPSA) is 94.4 Å². The van der Waals surface area contributed by atoms with Gasteiger partial charge in [0.25, 0.3) is 0 Å². The van der Waals surface area contributed by atoms with Crippen molar-refractivity contribution >= 4 is 17.4 Å². The van der Waals surface area contributed by atoms with Crippen molar-refractivity contribution < 1.29 is 24.2 Å². The molecule has 7 nitrogen and oxygen atoms in total. The molecule has 33 heavy (non-hydrogen) atoms. The number of hydrogen-bond donors (Lipinski definition) is 3. The van der Waals surface area contributed by atoms with Crippen LogP contribution in [0.3, 0.4) is 0 Å². The molecule has 0 bridgehead atoms. The Balaban J connectivity index is 2.23. The lowest BCUT2D eigenvalue weighted by Crippen LogP contribution is -2.26. The Morgan fingerprint density at radius 3 is 2.52 bits per heavy atom. The van der Waals surface area contributed by atoms with Crippen molar-refractivity contribution in [2.45, 2.75) is 60.3 Å². The second-order valence-electron chi connectivity index (χ2n) is 9.27. The third-order valence-corrected chi connectivity index (χ3v) is 5.75. The van der Waals surface area contributed by atoms with Gasteiger partial charge in [-0.15, -0.1) is 5.17 Å². The standard InChI is InChI=1S/C25H34FN3O4/c1-7-23(27-20(16(2)3)9-8-17-10-12-25(4,5)13-11-17)29(32)28-21-15-19(26)18(24(30)31)14-22(21)33-6/h7,14-17,28,32H,10-13H2,1-6H3,(H,30,31)/b23-7+,27-20-. The molecule has 8 heteroatoms. The zero-order valence-electron chi connectivity index (χ0n) is 20.2. The van der Waals surface area contributed by atoms with E-state index in [-0.39, 0.29) is 23.2 Å². The summed E-state index contributed by atoms with van der Waals surface area (Å²) in [6.45, 7) is 10.2. The lowest BCUT2D eigenvalue weighted by atomic mass is 9.73. The van der Waals surface area contributed by atoms with Gasteiger partial charge in [0, 0.05) is 17.9 Å². The molecule has 0 aromatic heterocycles. The van der Waals surface area contributed by atoms with Crippen LogP contribution in [-0.4, -0.2) is 34.3 Å². The number of hydrogen-bond acceptors (Lipinski definition) is 6. The molecule has 1 saturated carbocycles. The van der Waals surface area contributed by atoms with Gasteiger partial charge in [0.1, 0.15) is 17.3 Å². The van der Waals surface area contributed by atoms with Crippen molar-refractivity contribution in [3.8, 4) is 17.6 Å². The second-order valence-corrected chi connectivity index (χ2v) is 9.27. The summed E-state index contributed by atoms with van der Waals surface area (Å²) in [6, 6.07) is 1.99. The molecule has 180 valence electrons. The van der Waals surface area contributed by atoms with Gasteiger partial charge in [0.2, 0.25) is 0 Å². The number of allylic oxidation sites excluding steroid dienone is 1. The molecule has 3 N–H and O–H groups in total. The molecular weight excluding hydrogens is 425 g/mol. The van der Waals surface area contributed by atoms with Crippen LogP contribution in [0.4, 0.5) is 10.1 Å². The maximum Gasteiger partial charge on any atom is 0.338 e. The summed E-state index contributed by atoms with van der Waals surface area (Å²) in [5, 5.41) is 20.3. The van der Waals surface area contributed by atoms with Crippen LogP contribution in [0, 0.1) is 34.9 Å². The molecule has 0 atom stereocenters. The molecule has 0 unspecified atom stereocenters. The van der Waals surface area contributed by atoms with Crippen molar-refractivity contribution in [3.05, 3.63) is 35.4 Å². The fourth-order valence-corrected chi connectivity index (χ4v) is 3.52. The van der Waals surface area contributed by atoms with Crippen LogP contribution in [0.15, 0.2) is 29.0 Å². The number of nitrogens with one attached hydrogen (secondary N) is 1. The van der Waals surface area contributed by atoms with Crippen molar-refractivity contribution in [3.63, 3.8) is 0 Å². The lowest BCUT2D eigenvalue weighted by Gasteiger charge is -2.32. The fraction of sp³-hybridized carbons (Fsp3) is 0.520. The number of methoxy groups -OCH3 is 1. The van der Waals surface area contributed by atoms with Crippen LogP contribution in [-0.2, 0) is 0 Å². The predicted octanol–water partition coefficient (Wildman–Crippen LogP) is 5.73. The summed E-state index contributed by atoms with van der Waals surface area (Å²) in [4.78, 5) is 15.7. The Labute approximate surface area is 195 Å². The van der Waals surface area contributed by atoms with Gasteiger partial charge in [-0.25, -0.2) is 14.2 Å². The number of hydrazine groups is 1. The number of aromatic carboxylic acids is 1. The first kappa shape index (κ1) is 26.2. The highest BCUT2D eigenvalue weighted by Gasteiger charge is 2.25. The van der Waals surface area contributed by atoms with Gasteiger partial charge in [-0.2, -0.15) is 0 Å². The second kappa shape index (κ2) is 11.2. The van der Waals surface area contributed by atoms with E-state index in [1.54, 1.807) is 13.0 Å². The van der Waals surface area contributed by atoms with Crippen LogP contribution >= 0.6 is 0 Å². The Kier molecular flexibility index (Phi) is 8.89. The van der Waals surface area contributed by atoms with E-state index in [1.807, 2.05) is 13.8 Å². The number of rotatable bonds is 7. The number of carboxylic acid groups (broad SMARTS) is 1. The average Bonchev–Trinajstić information content (AvgIpc) is 2.74. The van der Waals surface area contributed by atoms with Gasteiger partial charge >= 0.3 is 5.97 Å². The Morgan fingerprint density at radius 2 is 2.00 bits per heavy atom. The van der Waals surface area contributed by atoms with E-state index in [9.17, 15) is 14.4 Å². The number of benzene rings is 1. The maximum absolute atomic E-state index is 14.2. The molecule has 2 rings (SSSR count). The SMILES string of the molecule is C/C=C(\N=C(\C#CC1CCC(C)(C)CC1)C(C)C)N(O)Nc1cc(F)c(C(=O)O)cc1OC. The van der Waals surface area contributed by atoms with Crippen LogP contribution < -0.4 is 10.2 Å². The third kappa shape index (κ3) is 7.22. The summed E-state index contributed by atoms with van der Waals surface area (Å²) < 4.78 is 19.3. The number of nitrogens with zero attached hydrogens (tertiary/aromatic N) is 2. The van der Waals surface area contributed by atoms with E-state index in [1.165, 1.54) is 7.11 Å². The number of hydroxylamine groups is 1. The van der Waals surface area contributed by atoms with Crippen LogP contribution in [0.5, 0.6) is 5.75 Å². The molecule has 1 aromatic rings. The first-order valence-corrected chi connectivity index (χ1v) is 11.1. The van der Waals surface area contributed by atoms with Gasteiger partial charge in [-0.05, 0) is 50.2 Å². The molecule has 0 spiro atoms. The zero-order chi connectivity index (χ0) is 24.8. The molecule has 0 saturated heterocycles. The number of anilines is 1. The van der Waals surface area contributed by atoms with Crippen molar-refractivity contribution in [1.29, 1.82) is 0 Å². The molecule has 0 amide bonds. The van der Waals surface area contributed by atoms with E-state index in [0.29, 0.717) is 22.2 Å². The number of aliphatic imine (C=N–C) groups is 1. The molecule has 1 aromatic carbocycles. The first-order valence-electron chi connectivity index (χ1n) is 11.1. The van der Waals surface area contributed by atoms with Crippen molar-refractivity contribution in [1.82, 2.24) is 5.17 Å². The number of carbonyl (C=O) groups is 1. The van der Waals surface area contributed by atoms with E-state index >= 15 is 0 Å². The summed E-state index contributed by atoms with van der Waals surface area (Å²) in [5.41, 5.74) is 3.08. The highest BCUT2D eigenvalue weighted by molar-refractivity contribution is 6.02. The van der Waals surface area contributed by atoms with Gasteiger partial charge < -0.3 is 9.84 Å². The van der Waals surface area contributed by atoms with Crippen molar-refractivity contribution in [2.24, 2.45) is 22.2 Å². The van der Waals surface area contributed by atoms with Crippen LogP contribution in [0.25, 0.3) is 0 Å². The smallest absolute Gasteiger partial charge is 0.338 e. The molecule has 1 aliphatic rings. The third-order valence-electron chi connectivity index (χ3n) is 5.75. The summed E-state index contributed by atoms with van der Waals surface area (Å²) in [7, 11) is 1.32. The summed E-state index contributed by atoms with van der Waals surface area (Å²) in [5.74, 6) is 4.73. The Hall–Kier alpha value is -3.05. The maximum atomic E-state index is 14.2. The highest BCUT2D eigenvalue weighted by Crippen LogP contribution is 2.37. The largest absolute Gasteiger partial charge is 0.494 e. The minimum atomic E-state index is -1.42. The fourth-order valence-electron chi connectivity index (χ4n) is 3.52. The predicted molar refractivity (Wildman–Crippen MR) is 127 cm³/mol. The van der Waals surface area contributed by atoms with Gasteiger partial charge in [-0.1, -0.05) is 39.5 Å². The van der Waals surface area contributed by atoms with E-state index in [4.69, 9.17) is 9.84 Å². The first-order chi connectivity index (χ1) is 15.5. The molecular formula is C25H34FN3O4. The van der Waals surface area contributed by atoms with Gasteiger partial charge in [0.15, 0.2) is 5.82 Å². The van der Waals surface area contributed by atoms with Crippen LogP contribution in [0.1, 0.15) is 70.7 Å². The van der Waals surface area contributed by atoms with Crippen molar-refractivity contribution in [2.75, 3.05) is 12.5 Å². The minimum Gasteiger partial charge on any atom is -0.494 e. The molecule has 1 aliphatic carbocycles. The monoisotopic (exact) mass is 459 g/mol. The highest BCUT2D eigenvalue weighted by atomic mass is 19.1. The molecule has 0 radical (unpaired) electrons. The minimum absolute atomic E-state index is 0.0303. The zero-order valence-corrected chi connectivity index (χ0v) is 20.2. The average molecular weight is 460 g/mol. The van der Waals surface area contributed by atoms with E-state index in [2.05, 4.69) is 36.1 Å².